The minimum atomic E-state index is -0.940. The normalized spacial score (nSPS) is 17.1. The Morgan fingerprint density at radius 3 is 2.14 bits per heavy atom. The molecule has 0 unspecified atom stereocenters. The van der Waals surface area contributed by atoms with Crippen LogP contribution in [-0.2, 0) is 10.8 Å². The molecule has 0 aliphatic heterocycles. The molecule has 1 aromatic heterocycles. The van der Waals surface area contributed by atoms with Gasteiger partial charge >= 0.3 is 5.97 Å². The second kappa shape index (κ2) is 6.33. The van der Waals surface area contributed by atoms with Crippen molar-refractivity contribution in [3.8, 4) is 22.6 Å². The molecule has 1 heterocycles. The van der Waals surface area contributed by atoms with Crippen molar-refractivity contribution in [2.45, 2.75) is 51.4 Å². The fraction of sp³-hybridized carbons (Fsp3) is 0.333. The highest BCUT2D eigenvalue weighted by molar-refractivity contribution is 5.88. The van der Waals surface area contributed by atoms with Crippen molar-refractivity contribution in [1.82, 2.24) is 5.16 Å². The van der Waals surface area contributed by atoms with E-state index in [2.05, 4.69) is 51.1 Å². The number of carboxylic acid groups (broad SMARTS) is 1. The highest BCUT2D eigenvalue weighted by Gasteiger charge is 2.37. The van der Waals surface area contributed by atoms with Gasteiger partial charge in [-0.05, 0) is 53.0 Å². The summed E-state index contributed by atoms with van der Waals surface area (Å²) in [5.41, 5.74) is 6.02. The molecular weight excluding hydrogens is 350 g/mol. The van der Waals surface area contributed by atoms with Crippen LogP contribution in [0.4, 0.5) is 0 Å². The van der Waals surface area contributed by atoms with Crippen molar-refractivity contribution in [2.24, 2.45) is 0 Å². The van der Waals surface area contributed by atoms with Crippen LogP contribution in [-0.4, -0.2) is 16.2 Å². The van der Waals surface area contributed by atoms with Crippen molar-refractivity contribution in [3.63, 3.8) is 0 Å². The van der Waals surface area contributed by atoms with Crippen LogP contribution in [0.1, 0.15) is 62.0 Å². The van der Waals surface area contributed by atoms with E-state index in [-0.39, 0.29) is 16.4 Å². The molecule has 0 fully saturated rings. The zero-order valence-corrected chi connectivity index (χ0v) is 16.7. The lowest BCUT2D eigenvalue weighted by atomic mass is 9.63. The van der Waals surface area contributed by atoms with E-state index >= 15 is 0 Å². The summed E-state index contributed by atoms with van der Waals surface area (Å²) in [7, 11) is 0. The lowest BCUT2D eigenvalue weighted by Crippen LogP contribution is -2.33. The lowest BCUT2D eigenvalue weighted by Gasteiger charge is -2.42. The van der Waals surface area contributed by atoms with E-state index in [1.54, 1.807) is 24.3 Å². The maximum atomic E-state index is 11.0. The van der Waals surface area contributed by atoms with Gasteiger partial charge < -0.3 is 9.63 Å². The van der Waals surface area contributed by atoms with E-state index in [1.807, 2.05) is 6.07 Å². The number of aromatic nitrogens is 1. The third kappa shape index (κ3) is 3.13. The van der Waals surface area contributed by atoms with Crippen LogP contribution >= 0.6 is 0 Å². The molecule has 4 heteroatoms. The summed E-state index contributed by atoms with van der Waals surface area (Å²) in [4.78, 5) is 11.0. The molecule has 1 aliphatic rings. The van der Waals surface area contributed by atoms with E-state index in [0.29, 0.717) is 5.76 Å². The highest BCUT2D eigenvalue weighted by atomic mass is 16.5. The van der Waals surface area contributed by atoms with Gasteiger partial charge in [-0.15, -0.1) is 0 Å². The van der Waals surface area contributed by atoms with E-state index < -0.39 is 5.97 Å². The van der Waals surface area contributed by atoms with Gasteiger partial charge in [0, 0.05) is 17.2 Å². The second-order valence-electron chi connectivity index (χ2n) is 8.99. The second-order valence-corrected chi connectivity index (χ2v) is 8.99. The van der Waals surface area contributed by atoms with E-state index in [0.717, 1.165) is 23.2 Å². The average Bonchev–Trinajstić information content (AvgIpc) is 3.15. The van der Waals surface area contributed by atoms with Crippen molar-refractivity contribution in [3.05, 3.63) is 65.2 Å². The minimum absolute atomic E-state index is 0.139. The van der Waals surface area contributed by atoms with Crippen LogP contribution in [0.25, 0.3) is 22.6 Å². The first kappa shape index (κ1) is 18.5. The molecule has 0 radical (unpaired) electrons. The first-order valence-corrected chi connectivity index (χ1v) is 9.63. The number of benzene rings is 2. The predicted molar refractivity (Wildman–Crippen MR) is 110 cm³/mol. The number of fused-ring (bicyclic) bond motifs is 1. The molecule has 4 rings (SSSR count). The predicted octanol–water partition coefficient (Wildman–Crippen LogP) is 6.06. The molecule has 2 aromatic carbocycles. The number of hydrogen-bond acceptors (Lipinski definition) is 3. The Kier molecular flexibility index (Phi) is 4.18. The number of rotatable bonds is 3. The fourth-order valence-corrected chi connectivity index (χ4v) is 4.07. The van der Waals surface area contributed by atoms with Gasteiger partial charge in [0.05, 0.1) is 5.56 Å². The Bertz CT molecular complexity index is 1040. The van der Waals surface area contributed by atoms with Crippen molar-refractivity contribution in [1.29, 1.82) is 0 Å². The first-order chi connectivity index (χ1) is 13.2. The lowest BCUT2D eigenvalue weighted by molar-refractivity contribution is 0.0697. The minimum Gasteiger partial charge on any atom is -0.478 e. The number of hydrogen-bond donors (Lipinski definition) is 1. The van der Waals surface area contributed by atoms with Crippen molar-refractivity contribution < 1.29 is 14.4 Å². The molecule has 0 saturated heterocycles. The van der Waals surface area contributed by atoms with Gasteiger partial charge in [0.1, 0.15) is 5.69 Å². The van der Waals surface area contributed by atoms with Gasteiger partial charge in [0.25, 0.3) is 0 Å². The molecule has 0 spiro atoms. The summed E-state index contributed by atoms with van der Waals surface area (Å²) in [6.07, 6.45) is 2.35. The third-order valence-corrected chi connectivity index (χ3v) is 6.08. The van der Waals surface area contributed by atoms with E-state index in [1.165, 1.54) is 17.5 Å². The SMILES string of the molecule is CC1(C)CCC(C)(C)c2cc(-c3cc(-c4ccc(C(=O)O)cc4)on3)ccc21. The molecule has 0 bridgehead atoms. The Hall–Kier alpha value is -2.88. The summed E-state index contributed by atoms with van der Waals surface area (Å²) >= 11 is 0. The van der Waals surface area contributed by atoms with Gasteiger partial charge in [0.15, 0.2) is 5.76 Å². The maximum absolute atomic E-state index is 11.0. The topological polar surface area (TPSA) is 63.3 Å². The number of carbonyl (C=O) groups is 1. The first-order valence-electron chi connectivity index (χ1n) is 9.63. The molecule has 4 nitrogen and oxygen atoms in total. The summed E-state index contributed by atoms with van der Waals surface area (Å²) in [6.45, 7) is 9.25. The van der Waals surface area contributed by atoms with Crippen LogP contribution in [0.2, 0.25) is 0 Å². The monoisotopic (exact) mass is 375 g/mol. The van der Waals surface area contributed by atoms with Gasteiger partial charge in [-0.2, -0.15) is 0 Å². The van der Waals surface area contributed by atoms with Crippen LogP contribution in [0.3, 0.4) is 0 Å². The zero-order valence-electron chi connectivity index (χ0n) is 16.7. The van der Waals surface area contributed by atoms with E-state index in [9.17, 15) is 4.79 Å². The zero-order chi connectivity index (χ0) is 20.1. The van der Waals surface area contributed by atoms with Crippen molar-refractivity contribution in [2.75, 3.05) is 0 Å². The summed E-state index contributed by atoms with van der Waals surface area (Å²) in [6, 6.07) is 15.2. The van der Waals surface area contributed by atoms with Gasteiger partial charge in [-0.3, -0.25) is 0 Å². The van der Waals surface area contributed by atoms with Crippen LogP contribution in [0.5, 0.6) is 0 Å². The Balaban J connectivity index is 1.71. The standard InChI is InChI=1S/C24H25NO3/c1-23(2)11-12-24(3,4)19-13-17(9-10-18(19)23)20-14-21(28-25-20)15-5-7-16(8-6-15)22(26)27/h5-10,13-14H,11-12H2,1-4H3,(H,26,27). The number of carboxylic acids is 1. The van der Waals surface area contributed by atoms with Crippen LogP contribution in [0, 0.1) is 0 Å². The molecule has 3 aromatic rings. The van der Waals surface area contributed by atoms with Crippen LogP contribution < -0.4 is 0 Å². The third-order valence-electron chi connectivity index (χ3n) is 6.08. The summed E-state index contributed by atoms with van der Waals surface area (Å²) in [5, 5.41) is 13.3. The molecule has 28 heavy (non-hydrogen) atoms. The Morgan fingerprint density at radius 1 is 0.893 bits per heavy atom. The summed E-state index contributed by atoms with van der Waals surface area (Å²) < 4.78 is 5.55. The van der Waals surface area contributed by atoms with E-state index in [4.69, 9.17) is 9.63 Å². The average molecular weight is 375 g/mol. The van der Waals surface area contributed by atoms with Crippen molar-refractivity contribution >= 4 is 5.97 Å². The highest BCUT2D eigenvalue weighted by Crippen LogP contribution is 2.46. The molecule has 1 aliphatic carbocycles. The van der Waals surface area contributed by atoms with Gasteiger partial charge in [-0.25, -0.2) is 4.79 Å². The molecular formula is C24H25NO3. The largest absolute Gasteiger partial charge is 0.478 e. The molecule has 0 amide bonds. The fourth-order valence-electron chi connectivity index (χ4n) is 4.07. The Morgan fingerprint density at radius 2 is 1.50 bits per heavy atom. The maximum Gasteiger partial charge on any atom is 0.335 e. The number of nitrogens with zero attached hydrogens (tertiary/aromatic N) is 1. The van der Waals surface area contributed by atoms with Gasteiger partial charge in [-0.1, -0.05) is 57.1 Å². The smallest absolute Gasteiger partial charge is 0.335 e. The molecule has 144 valence electrons. The summed E-state index contributed by atoms with van der Waals surface area (Å²) in [5.74, 6) is -0.311. The molecule has 0 atom stereocenters. The Labute approximate surface area is 165 Å². The molecule has 0 saturated carbocycles. The number of aromatic carboxylic acids is 1. The molecule has 1 N–H and O–H groups in total. The quantitative estimate of drug-likeness (QED) is 0.605. The van der Waals surface area contributed by atoms with Gasteiger partial charge in [0.2, 0.25) is 0 Å². The van der Waals surface area contributed by atoms with Crippen LogP contribution in [0.15, 0.2) is 53.1 Å².